The fourth-order valence-corrected chi connectivity index (χ4v) is 1.45. The quantitative estimate of drug-likeness (QED) is 0.635. The number of nitrogens with two attached hydrogens (primary N) is 1. The maximum absolute atomic E-state index is 5.77. The van der Waals surface area contributed by atoms with Crippen LogP contribution in [0.1, 0.15) is 6.42 Å². The van der Waals surface area contributed by atoms with Crippen molar-refractivity contribution in [3.05, 3.63) is 18.6 Å². The molecule has 0 radical (unpaired) electrons. The highest BCUT2D eigenvalue weighted by molar-refractivity contribution is 5.36. The third-order valence-corrected chi connectivity index (χ3v) is 2.10. The maximum Gasteiger partial charge on any atom is 0.147 e. The Hall–Kier alpha value is -1.16. The molecule has 4 nitrogen and oxygen atoms in total. The number of aromatic nitrogens is 2. The molecule has 12 heavy (non-hydrogen) atoms. The van der Waals surface area contributed by atoms with Gasteiger partial charge in [0.2, 0.25) is 0 Å². The molecule has 1 fully saturated rings. The fourth-order valence-electron chi connectivity index (χ4n) is 1.45. The third kappa shape index (κ3) is 1.38. The van der Waals surface area contributed by atoms with E-state index in [1.807, 2.05) is 0 Å². The molecule has 0 aromatic carbocycles. The first-order chi connectivity index (χ1) is 5.86. The normalized spacial score (nSPS) is 23.1. The summed E-state index contributed by atoms with van der Waals surface area (Å²) in [5.41, 5.74) is 5.77. The molecule has 64 valence electrons. The zero-order chi connectivity index (χ0) is 8.39. The van der Waals surface area contributed by atoms with Crippen LogP contribution in [0.4, 0.5) is 5.82 Å². The summed E-state index contributed by atoms with van der Waals surface area (Å²) in [6, 6.07) is 0.298. The molecule has 1 aromatic rings. The molecule has 0 bridgehead atoms. The predicted octanol–water partition coefficient (Wildman–Crippen LogP) is 0.0140. The molecule has 2 rings (SSSR count). The number of nitrogens with zero attached hydrogens (tertiary/aromatic N) is 3. The van der Waals surface area contributed by atoms with Gasteiger partial charge in [0.05, 0.1) is 6.20 Å². The van der Waals surface area contributed by atoms with Gasteiger partial charge in [0.15, 0.2) is 0 Å². The lowest BCUT2D eigenvalue weighted by Crippen LogP contribution is -2.26. The lowest BCUT2D eigenvalue weighted by Gasteiger charge is -2.15. The molecule has 1 aromatic heterocycles. The lowest BCUT2D eigenvalue weighted by molar-refractivity contribution is 0.751. The van der Waals surface area contributed by atoms with Gasteiger partial charge < -0.3 is 10.6 Å². The van der Waals surface area contributed by atoms with E-state index >= 15 is 0 Å². The summed E-state index contributed by atoms with van der Waals surface area (Å²) in [4.78, 5) is 10.4. The summed E-state index contributed by atoms with van der Waals surface area (Å²) in [5.74, 6) is 0.936. The van der Waals surface area contributed by atoms with Crippen molar-refractivity contribution in [2.45, 2.75) is 12.5 Å². The first-order valence-corrected chi connectivity index (χ1v) is 4.13. The number of rotatable bonds is 1. The summed E-state index contributed by atoms with van der Waals surface area (Å²) in [5, 5.41) is 0. The highest BCUT2D eigenvalue weighted by Gasteiger charge is 2.19. The molecular weight excluding hydrogens is 152 g/mol. The Morgan fingerprint density at radius 3 is 3.00 bits per heavy atom. The maximum atomic E-state index is 5.77. The van der Waals surface area contributed by atoms with Gasteiger partial charge in [0.25, 0.3) is 0 Å². The Labute approximate surface area is 71.4 Å². The average molecular weight is 164 g/mol. The van der Waals surface area contributed by atoms with Crippen LogP contribution in [0.15, 0.2) is 18.6 Å². The van der Waals surface area contributed by atoms with E-state index in [4.69, 9.17) is 5.73 Å². The van der Waals surface area contributed by atoms with E-state index in [9.17, 15) is 0 Å². The van der Waals surface area contributed by atoms with E-state index < -0.39 is 0 Å². The first kappa shape index (κ1) is 7.49. The Balaban J connectivity index is 2.11. The van der Waals surface area contributed by atoms with E-state index in [0.717, 1.165) is 25.3 Å². The minimum Gasteiger partial charge on any atom is -0.354 e. The van der Waals surface area contributed by atoms with Crippen LogP contribution in [-0.2, 0) is 0 Å². The van der Waals surface area contributed by atoms with Crippen molar-refractivity contribution < 1.29 is 0 Å². The van der Waals surface area contributed by atoms with Crippen molar-refractivity contribution in [2.24, 2.45) is 5.73 Å². The van der Waals surface area contributed by atoms with E-state index in [1.165, 1.54) is 0 Å². The Morgan fingerprint density at radius 1 is 1.50 bits per heavy atom. The van der Waals surface area contributed by atoms with Crippen molar-refractivity contribution in [1.29, 1.82) is 0 Å². The molecule has 0 amide bonds. The number of hydrogen-bond acceptors (Lipinski definition) is 4. The molecule has 1 atom stereocenters. The van der Waals surface area contributed by atoms with Crippen LogP contribution in [0, 0.1) is 0 Å². The van der Waals surface area contributed by atoms with Crippen LogP contribution in [0.2, 0.25) is 0 Å². The molecule has 1 aliphatic heterocycles. The van der Waals surface area contributed by atoms with Gasteiger partial charge in [0, 0.05) is 31.5 Å². The molecule has 0 aliphatic carbocycles. The summed E-state index contributed by atoms with van der Waals surface area (Å²) in [6.45, 7) is 1.90. The van der Waals surface area contributed by atoms with Gasteiger partial charge in [-0.1, -0.05) is 0 Å². The van der Waals surface area contributed by atoms with E-state index in [0.29, 0.717) is 6.04 Å². The second-order valence-corrected chi connectivity index (χ2v) is 3.06. The average Bonchev–Trinajstić information content (AvgIpc) is 2.54. The second-order valence-electron chi connectivity index (χ2n) is 3.06. The summed E-state index contributed by atoms with van der Waals surface area (Å²) in [7, 11) is 0. The summed E-state index contributed by atoms with van der Waals surface area (Å²) < 4.78 is 0. The summed E-state index contributed by atoms with van der Waals surface area (Å²) >= 11 is 0. The van der Waals surface area contributed by atoms with E-state index in [2.05, 4.69) is 14.9 Å². The second kappa shape index (κ2) is 3.06. The van der Waals surface area contributed by atoms with Crippen molar-refractivity contribution in [3.8, 4) is 0 Å². The van der Waals surface area contributed by atoms with Crippen LogP contribution in [0.25, 0.3) is 0 Å². The standard InChI is InChI=1S/C8H12N4/c9-7-1-4-12(6-7)8-5-10-2-3-11-8/h2-3,5,7H,1,4,6,9H2/t7-/m0/s1. The Bertz CT molecular complexity index is 248. The van der Waals surface area contributed by atoms with Crippen molar-refractivity contribution in [3.63, 3.8) is 0 Å². The molecule has 0 saturated carbocycles. The van der Waals surface area contributed by atoms with Gasteiger partial charge in [-0.25, -0.2) is 4.98 Å². The zero-order valence-electron chi connectivity index (χ0n) is 6.85. The van der Waals surface area contributed by atoms with Crippen LogP contribution in [0.5, 0.6) is 0 Å². The first-order valence-electron chi connectivity index (χ1n) is 4.13. The molecule has 2 N–H and O–H groups in total. The molecule has 1 saturated heterocycles. The van der Waals surface area contributed by atoms with Gasteiger partial charge in [-0.2, -0.15) is 0 Å². The molecule has 0 unspecified atom stereocenters. The van der Waals surface area contributed by atoms with Gasteiger partial charge in [-0.3, -0.25) is 4.98 Å². The number of anilines is 1. The fraction of sp³-hybridized carbons (Fsp3) is 0.500. The monoisotopic (exact) mass is 164 g/mol. The van der Waals surface area contributed by atoms with Crippen molar-refractivity contribution in [2.75, 3.05) is 18.0 Å². The molecule has 2 heterocycles. The molecular formula is C8H12N4. The van der Waals surface area contributed by atoms with Gasteiger partial charge >= 0.3 is 0 Å². The topological polar surface area (TPSA) is 55.0 Å². The van der Waals surface area contributed by atoms with E-state index in [1.54, 1.807) is 18.6 Å². The Morgan fingerprint density at radius 2 is 2.42 bits per heavy atom. The third-order valence-electron chi connectivity index (χ3n) is 2.10. The minimum absolute atomic E-state index is 0.298. The van der Waals surface area contributed by atoms with Gasteiger partial charge in [-0.05, 0) is 6.42 Å². The van der Waals surface area contributed by atoms with Gasteiger partial charge in [0.1, 0.15) is 5.82 Å². The highest BCUT2D eigenvalue weighted by atomic mass is 15.2. The van der Waals surface area contributed by atoms with Crippen LogP contribution in [0.3, 0.4) is 0 Å². The van der Waals surface area contributed by atoms with Crippen LogP contribution >= 0.6 is 0 Å². The van der Waals surface area contributed by atoms with Crippen molar-refractivity contribution >= 4 is 5.82 Å². The van der Waals surface area contributed by atoms with Crippen molar-refractivity contribution in [1.82, 2.24) is 9.97 Å². The molecule has 4 heteroatoms. The van der Waals surface area contributed by atoms with Crippen LogP contribution in [-0.4, -0.2) is 29.1 Å². The zero-order valence-corrected chi connectivity index (χ0v) is 6.85. The Kier molecular flexibility index (Phi) is 1.91. The minimum atomic E-state index is 0.298. The van der Waals surface area contributed by atoms with E-state index in [-0.39, 0.29) is 0 Å². The molecule has 1 aliphatic rings. The largest absolute Gasteiger partial charge is 0.354 e. The summed E-state index contributed by atoms with van der Waals surface area (Å²) in [6.07, 6.45) is 6.22. The molecule has 0 spiro atoms. The highest BCUT2D eigenvalue weighted by Crippen LogP contribution is 2.14. The number of hydrogen-bond donors (Lipinski definition) is 1. The van der Waals surface area contributed by atoms with Crippen LogP contribution < -0.4 is 10.6 Å². The van der Waals surface area contributed by atoms with Gasteiger partial charge in [-0.15, -0.1) is 0 Å². The smallest absolute Gasteiger partial charge is 0.147 e. The SMILES string of the molecule is N[C@H]1CCN(c2cnccn2)C1. The predicted molar refractivity (Wildman–Crippen MR) is 46.8 cm³/mol. The lowest BCUT2D eigenvalue weighted by atomic mass is 10.3.